The van der Waals surface area contributed by atoms with Crippen LogP contribution in [0.4, 0.5) is 8.78 Å². The minimum Gasteiger partial charge on any atom is -0.207 e. The third-order valence-electron chi connectivity index (χ3n) is 2.51. The maximum atomic E-state index is 13.1. The lowest BCUT2D eigenvalue weighted by Gasteiger charge is -2.26. The first-order valence-electron chi connectivity index (χ1n) is 4.23. The quantitative estimate of drug-likeness (QED) is 0.603. The highest BCUT2D eigenvalue weighted by Gasteiger charge is 2.25. The normalized spacial score (nSPS) is 17.5. The summed E-state index contributed by atoms with van der Waals surface area (Å²) in [6, 6.07) is 4.07. The van der Waals surface area contributed by atoms with Crippen LogP contribution in [0.2, 0.25) is 0 Å². The molecule has 2 rings (SSSR count). The van der Waals surface area contributed by atoms with E-state index in [1.165, 1.54) is 18.2 Å². The smallest absolute Gasteiger partial charge is 0.129 e. The van der Waals surface area contributed by atoms with Crippen molar-refractivity contribution in [2.45, 2.75) is 25.2 Å². The van der Waals surface area contributed by atoms with E-state index in [9.17, 15) is 8.78 Å². The molecule has 0 atom stereocenters. The van der Waals surface area contributed by atoms with Crippen molar-refractivity contribution < 1.29 is 8.78 Å². The van der Waals surface area contributed by atoms with Gasteiger partial charge >= 0.3 is 0 Å². The van der Waals surface area contributed by atoms with Crippen LogP contribution in [0.1, 0.15) is 30.7 Å². The van der Waals surface area contributed by atoms with E-state index in [-0.39, 0.29) is 17.6 Å². The fraction of sp³-hybridized carbons (Fsp3) is 0.400. The lowest BCUT2D eigenvalue weighted by Crippen LogP contribution is -2.12. The summed E-state index contributed by atoms with van der Waals surface area (Å²) in [7, 11) is 0. The average molecular weight is 168 g/mol. The Hall–Kier alpha value is -0.920. The number of rotatable bonds is 1. The van der Waals surface area contributed by atoms with E-state index in [0.717, 1.165) is 19.3 Å². The monoisotopic (exact) mass is 168 g/mol. The van der Waals surface area contributed by atoms with Crippen molar-refractivity contribution in [2.24, 2.45) is 0 Å². The zero-order valence-corrected chi connectivity index (χ0v) is 6.69. The van der Waals surface area contributed by atoms with Gasteiger partial charge in [-0.2, -0.15) is 0 Å². The molecular weight excluding hydrogens is 158 g/mol. The Balaban J connectivity index is 2.39. The van der Waals surface area contributed by atoms with Crippen molar-refractivity contribution in [1.29, 1.82) is 0 Å². The van der Waals surface area contributed by atoms with E-state index in [1.54, 1.807) is 0 Å². The molecule has 0 spiro atoms. The maximum absolute atomic E-state index is 13.1. The minimum absolute atomic E-state index is 0.131. The van der Waals surface area contributed by atoms with Gasteiger partial charge in [0.15, 0.2) is 0 Å². The van der Waals surface area contributed by atoms with E-state index >= 15 is 0 Å². The average Bonchev–Trinajstić information content (AvgIpc) is 1.93. The highest BCUT2D eigenvalue weighted by atomic mass is 19.1. The van der Waals surface area contributed by atoms with Gasteiger partial charge in [-0.15, -0.1) is 0 Å². The number of hydrogen-bond acceptors (Lipinski definition) is 0. The number of benzene rings is 1. The molecule has 0 bridgehead atoms. The van der Waals surface area contributed by atoms with Crippen molar-refractivity contribution in [1.82, 2.24) is 0 Å². The molecule has 0 aromatic heterocycles. The number of hydrogen-bond donors (Lipinski definition) is 0. The molecule has 64 valence electrons. The molecule has 0 N–H and O–H groups in total. The Bertz CT molecular complexity index is 270. The van der Waals surface area contributed by atoms with Crippen LogP contribution in [0, 0.1) is 11.6 Å². The highest BCUT2D eigenvalue weighted by Crippen LogP contribution is 2.38. The van der Waals surface area contributed by atoms with Gasteiger partial charge in [0.25, 0.3) is 0 Å². The van der Waals surface area contributed by atoms with Crippen LogP contribution < -0.4 is 0 Å². The summed E-state index contributed by atoms with van der Waals surface area (Å²) in [5.41, 5.74) is 0.295. The van der Waals surface area contributed by atoms with Gasteiger partial charge in [0.05, 0.1) is 0 Å². The molecule has 1 aromatic rings. The van der Waals surface area contributed by atoms with Gasteiger partial charge in [0.2, 0.25) is 0 Å². The Morgan fingerprint density at radius 2 is 1.67 bits per heavy atom. The van der Waals surface area contributed by atoms with Gasteiger partial charge in [-0.3, -0.25) is 0 Å². The van der Waals surface area contributed by atoms with Crippen LogP contribution in [-0.4, -0.2) is 0 Å². The predicted octanol–water partition coefficient (Wildman–Crippen LogP) is 3.23. The fourth-order valence-electron chi connectivity index (χ4n) is 1.60. The Morgan fingerprint density at radius 3 is 2.08 bits per heavy atom. The Labute approximate surface area is 70.2 Å². The zero-order valence-electron chi connectivity index (χ0n) is 6.69. The molecule has 0 aliphatic heterocycles. The van der Waals surface area contributed by atoms with Gasteiger partial charge in [0, 0.05) is 5.56 Å². The van der Waals surface area contributed by atoms with Crippen LogP contribution in [0.5, 0.6) is 0 Å². The van der Waals surface area contributed by atoms with Crippen LogP contribution in [0.15, 0.2) is 18.2 Å². The van der Waals surface area contributed by atoms with E-state index in [4.69, 9.17) is 0 Å². The minimum atomic E-state index is -0.389. The zero-order chi connectivity index (χ0) is 8.55. The molecule has 0 unspecified atom stereocenters. The first kappa shape index (κ1) is 7.71. The van der Waals surface area contributed by atoms with Gasteiger partial charge < -0.3 is 0 Å². The topological polar surface area (TPSA) is 0 Å². The SMILES string of the molecule is Fc1cccc(F)c1C1CCC1. The van der Waals surface area contributed by atoms with Crippen LogP contribution in [0.3, 0.4) is 0 Å². The first-order valence-corrected chi connectivity index (χ1v) is 4.23. The van der Waals surface area contributed by atoms with E-state index in [2.05, 4.69) is 0 Å². The molecule has 12 heavy (non-hydrogen) atoms. The molecule has 2 heteroatoms. The van der Waals surface area contributed by atoms with E-state index in [1.807, 2.05) is 0 Å². The molecular formula is C10H10F2. The highest BCUT2D eigenvalue weighted by molar-refractivity contribution is 5.25. The van der Waals surface area contributed by atoms with Gasteiger partial charge in [-0.1, -0.05) is 12.5 Å². The van der Waals surface area contributed by atoms with Crippen LogP contribution in [-0.2, 0) is 0 Å². The van der Waals surface area contributed by atoms with Crippen molar-refractivity contribution in [3.05, 3.63) is 35.4 Å². The van der Waals surface area contributed by atoms with Crippen molar-refractivity contribution in [2.75, 3.05) is 0 Å². The van der Waals surface area contributed by atoms with Gasteiger partial charge in [-0.05, 0) is 30.9 Å². The lowest BCUT2D eigenvalue weighted by molar-refractivity contribution is 0.387. The van der Waals surface area contributed by atoms with Gasteiger partial charge in [-0.25, -0.2) is 8.78 Å². The third-order valence-corrected chi connectivity index (χ3v) is 2.51. The summed E-state index contributed by atoms with van der Waals surface area (Å²) in [5, 5.41) is 0. The summed E-state index contributed by atoms with van der Waals surface area (Å²) in [6.45, 7) is 0. The summed E-state index contributed by atoms with van der Waals surface area (Å²) in [5.74, 6) is -0.648. The molecule has 1 aromatic carbocycles. The van der Waals surface area contributed by atoms with Gasteiger partial charge in [0.1, 0.15) is 11.6 Å². The van der Waals surface area contributed by atoms with Crippen molar-refractivity contribution in [3.63, 3.8) is 0 Å². The Kier molecular flexibility index (Phi) is 1.83. The van der Waals surface area contributed by atoms with Crippen LogP contribution in [0.25, 0.3) is 0 Å². The molecule has 0 radical (unpaired) electrons. The second-order valence-corrected chi connectivity index (χ2v) is 3.26. The van der Waals surface area contributed by atoms with Crippen molar-refractivity contribution in [3.8, 4) is 0 Å². The summed E-state index contributed by atoms with van der Waals surface area (Å²) >= 11 is 0. The van der Waals surface area contributed by atoms with Crippen molar-refractivity contribution >= 4 is 0 Å². The summed E-state index contributed by atoms with van der Waals surface area (Å²) in [4.78, 5) is 0. The van der Waals surface area contributed by atoms with Crippen LogP contribution >= 0.6 is 0 Å². The predicted molar refractivity (Wildman–Crippen MR) is 43.0 cm³/mol. The largest absolute Gasteiger partial charge is 0.207 e. The fourth-order valence-corrected chi connectivity index (χ4v) is 1.60. The first-order chi connectivity index (χ1) is 5.79. The molecule has 0 nitrogen and oxygen atoms in total. The molecule has 1 saturated carbocycles. The molecule has 0 amide bonds. The van der Waals surface area contributed by atoms with E-state index in [0.29, 0.717) is 5.56 Å². The Morgan fingerprint density at radius 1 is 1.08 bits per heavy atom. The summed E-state index contributed by atoms with van der Waals surface area (Å²) in [6.07, 6.45) is 2.95. The second kappa shape index (κ2) is 2.85. The summed E-state index contributed by atoms with van der Waals surface area (Å²) < 4.78 is 26.2. The number of halogens is 2. The van der Waals surface area contributed by atoms with E-state index < -0.39 is 0 Å². The molecule has 0 saturated heterocycles. The molecule has 1 aliphatic carbocycles. The second-order valence-electron chi connectivity index (χ2n) is 3.26. The standard InChI is InChI=1S/C10H10F2/c11-8-5-2-6-9(12)10(8)7-3-1-4-7/h2,5-7H,1,3-4H2. The lowest BCUT2D eigenvalue weighted by atomic mass is 9.79. The molecule has 1 aliphatic rings. The maximum Gasteiger partial charge on any atom is 0.129 e. The molecule has 1 fully saturated rings. The third kappa shape index (κ3) is 1.11. The molecule has 0 heterocycles.